The Morgan fingerprint density at radius 1 is 1.04 bits per heavy atom. The number of hydrogen-bond acceptors (Lipinski definition) is 6. The zero-order valence-corrected chi connectivity index (χ0v) is 27.6. The van der Waals surface area contributed by atoms with Crippen molar-refractivity contribution in [1.82, 2.24) is 15.5 Å². The SMILES string of the molecule is COc1cccc(CN(C(=O)C2=C(c3ccc(N4CC[C@@H](COc5c(F)ccc(F)c5Cl)C4)cc3)C[C@H]3CNC[C@@H]2N3)C2CC2)c1C. The maximum atomic E-state index is 14.6. The van der Waals surface area contributed by atoms with E-state index in [4.69, 9.17) is 21.1 Å². The van der Waals surface area contributed by atoms with Crippen LogP contribution in [0.5, 0.6) is 11.5 Å². The van der Waals surface area contributed by atoms with E-state index in [1.54, 1.807) is 7.11 Å². The number of carbonyl (C=O) groups is 1. The van der Waals surface area contributed by atoms with Crippen LogP contribution in [0.3, 0.4) is 0 Å². The highest BCUT2D eigenvalue weighted by molar-refractivity contribution is 6.32. The largest absolute Gasteiger partial charge is 0.496 e. The maximum Gasteiger partial charge on any atom is 0.252 e. The van der Waals surface area contributed by atoms with E-state index in [1.807, 2.05) is 12.1 Å². The van der Waals surface area contributed by atoms with Crippen molar-refractivity contribution in [1.29, 1.82) is 0 Å². The average Bonchev–Trinajstić information content (AvgIpc) is 3.82. The second kappa shape index (κ2) is 13.5. The van der Waals surface area contributed by atoms with Crippen LogP contribution in [0.4, 0.5) is 14.5 Å². The minimum Gasteiger partial charge on any atom is -0.496 e. The summed E-state index contributed by atoms with van der Waals surface area (Å²) >= 11 is 5.95. The topological polar surface area (TPSA) is 66.1 Å². The highest BCUT2D eigenvalue weighted by Crippen LogP contribution is 2.38. The molecule has 2 N–H and O–H groups in total. The zero-order chi connectivity index (χ0) is 32.7. The number of nitrogens with zero attached hydrogens (tertiary/aromatic N) is 2. The Kier molecular flexibility index (Phi) is 9.13. The van der Waals surface area contributed by atoms with Crippen molar-refractivity contribution >= 4 is 28.8 Å². The van der Waals surface area contributed by atoms with Gasteiger partial charge >= 0.3 is 0 Å². The molecule has 4 aliphatic rings. The van der Waals surface area contributed by atoms with Gasteiger partial charge in [0.1, 0.15) is 16.6 Å². The number of piperazine rings is 1. The molecule has 3 atom stereocenters. The molecule has 3 fully saturated rings. The third-order valence-corrected chi connectivity index (χ3v) is 10.4. The van der Waals surface area contributed by atoms with Crippen molar-refractivity contribution in [2.75, 3.05) is 44.8 Å². The number of nitrogens with one attached hydrogen (secondary N) is 2. The van der Waals surface area contributed by atoms with Crippen LogP contribution < -0.4 is 25.0 Å². The fraction of sp³-hybridized carbons (Fsp3) is 0.432. The van der Waals surface area contributed by atoms with Gasteiger partial charge in [0.2, 0.25) is 0 Å². The maximum absolute atomic E-state index is 14.6. The molecule has 47 heavy (non-hydrogen) atoms. The van der Waals surface area contributed by atoms with Crippen LogP contribution in [0.1, 0.15) is 42.4 Å². The third-order valence-electron chi connectivity index (χ3n) is 10.1. The first-order valence-corrected chi connectivity index (χ1v) is 16.9. The molecule has 2 bridgehead atoms. The van der Waals surface area contributed by atoms with Gasteiger partial charge in [-0.2, -0.15) is 0 Å². The number of rotatable bonds is 10. The molecule has 1 amide bonds. The number of carbonyl (C=O) groups excluding carboxylic acids is 1. The number of amides is 1. The first-order valence-electron chi connectivity index (χ1n) is 16.6. The molecule has 3 heterocycles. The Bertz CT molecular complexity index is 1680. The van der Waals surface area contributed by atoms with Crippen molar-refractivity contribution in [2.24, 2.45) is 5.92 Å². The molecule has 7 rings (SSSR count). The zero-order valence-electron chi connectivity index (χ0n) is 26.8. The fourth-order valence-electron chi connectivity index (χ4n) is 7.30. The summed E-state index contributed by atoms with van der Waals surface area (Å²) in [7, 11) is 1.68. The monoisotopic (exact) mass is 662 g/mol. The predicted molar refractivity (Wildman–Crippen MR) is 180 cm³/mol. The van der Waals surface area contributed by atoms with Gasteiger partial charge < -0.3 is 29.9 Å². The Morgan fingerprint density at radius 3 is 2.60 bits per heavy atom. The molecular formula is C37H41ClF2N4O3. The summed E-state index contributed by atoms with van der Waals surface area (Å²) in [6.07, 6.45) is 3.70. The third kappa shape index (κ3) is 6.58. The molecule has 0 aromatic heterocycles. The number of fused-ring (bicyclic) bond motifs is 2. The lowest BCUT2D eigenvalue weighted by Gasteiger charge is -2.41. The van der Waals surface area contributed by atoms with E-state index in [0.29, 0.717) is 6.54 Å². The fourth-order valence-corrected chi connectivity index (χ4v) is 7.51. The number of methoxy groups -OCH3 is 1. The predicted octanol–water partition coefficient (Wildman–Crippen LogP) is 6.12. The van der Waals surface area contributed by atoms with Gasteiger partial charge in [-0.15, -0.1) is 0 Å². The molecule has 0 spiro atoms. The second-order valence-electron chi connectivity index (χ2n) is 13.2. The van der Waals surface area contributed by atoms with Gasteiger partial charge in [0, 0.05) is 62.0 Å². The first-order chi connectivity index (χ1) is 22.8. The molecule has 248 valence electrons. The van der Waals surface area contributed by atoms with E-state index in [9.17, 15) is 13.6 Å². The van der Waals surface area contributed by atoms with Gasteiger partial charge in [0.25, 0.3) is 5.91 Å². The van der Waals surface area contributed by atoms with Gasteiger partial charge in [-0.3, -0.25) is 4.79 Å². The minimum atomic E-state index is -0.697. The lowest BCUT2D eigenvalue weighted by molar-refractivity contribution is -0.128. The van der Waals surface area contributed by atoms with Gasteiger partial charge in [-0.1, -0.05) is 35.9 Å². The van der Waals surface area contributed by atoms with Gasteiger partial charge in [0.15, 0.2) is 11.6 Å². The van der Waals surface area contributed by atoms with Crippen molar-refractivity contribution in [3.63, 3.8) is 0 Å². The van der Waals surface area contributed by atoms with E-state index >= 15 is 0 Å². The molecule has 0 unspecified atom stereocenters. The van der Waals surface area contributed by atoms with Crippen LogP contribution in [0.2, 0.25) is 5.02 Å². The number of ether oxygens (including phenoxy) is 2. The summed E-state index contributed by atoms with van der Waals surface area (Å²) in [6.45, 7) is 6.03. The molecule has 7 nitrogen and oxygen atoms in total. The minimum absolute atomic E-state index is 0.0481. The summed E-state index contributed by atoms with van der Waals surface area (Å²) in [5.41, 5.74) is 6.35. The van der Waals surface area contributed by atoms with Gasteiger partial charge in [-0.05, 0) is 85.2 Å². The normalized spacial score (nSPS) is 22.4. The van der Waals surface area contributed by atoms with Crippen LogP contribution in [0.15, 0.2) is 60.2 Å². The van der Waals surface area contributed by atoms with E-state index in [1.165, 1.54) is 0 Å². The Hall–Kier alpha value is -3.66. The van der Waals surface area contributed by atoms with Crippen molar-refractivity contribution in [3.05, 3.63) is 93.5 Å². The summed E-state index contributed by atoms with van der Waals surface area (Å²) in [4.78, 5) is 18.9. The number of halogens is 3. The summed E-state index contributed by atoms with van der Waals surface area (Å²) < 4.78 is 39.2. The smallest absolute Gasteiger partial charge is 0.252 e. The summed E-state index contributed by atoms with van der Waals surface area (Å²) in [6, 6.07) is 17.1. The highest BCUT2D eigenvalue weighted by atomic mass is 35.5. The second-order valence-corrected chi connectivity index (χ2v) is 13.6. The lowest BCUT2D eigenvalue weighted by Crippen LogP contribution is -2.60. The van der Waals surface area contributed by atoms with Crippen LogP contribution in [0.25, 0.3) is 5.57 Å². The van der Waals surface area contributed by atoms with Crippen LogP contribution in [-0.2, 0) is 11.3 Å². The number of benzene rings is 3. The Balaban J connectivity index is 1.10. The Morgan fingerprint density at radius 2 is 1.83 bits per heavy atom. The van der Waals surface area contributed by atoms with Gasteiger partial charge in [0.05, 0.1) is 19.8 Å². The summed E-state index contributed by atoms with van der Waals surface area (Å²) in [5, 5.41) is 6.94. The van der Waals surface area contributed by atoms with Crippen LogP contribution >= 0.6 is 11.6 Å². The summed E-state index contributed by atoms with van der Waals surface area (Å²) in [5.74, 6) is -0.483. The van der Waals surface area contributed by atoms with Crippen LogP contribution in [-0.4, -0.2) is 68.8 Å². The van der Waals surface area contributed by atoms with Gasteiger partial charge in [-0.25, -0.2) is 8.78 Å². The van der Waals surface area contributed by atoms with Crippen LogP contribution in [0, 0.1) is 24.5 Å². The number of anilines is 1. The van der Waals surface area contributed by atoms with Crippen molar-refractivity contribution < 1.29 is 23.0 Å². The quantitative estimate of drug-likeness (QED) is 0.255. The van der Waals surface area contributed by atoms with Crippen molar-refractivity contribution in [2.45, 2.75) is 57.3 Å². The standard InChI is InChI=1S/C37H41ClF2N4O3/c1-22-25(4-3-5-33(22)46-2)20-44(28-10-11-28)37(45)34-29(16-26-17-41-18-32(34)42-26)24-6-8-27(9-7-24)43-15-14-23(19-43)21-47-36-31(40)13-12-30(39)35(36)38/h3-9,12-13,23,26,28,32,41-42H,10-11,14-21H2,1-2H3/t23-,26+,32+/m1/s1. The van der Waals surface area contributed by atoms with E-state index < -0.39 is 11.6 Å². The molecule has 3 aromatic carbocycles. The molecule has 1 aliphatic carbocycles. The lowest BCUT2D eigenvalue weighted by atomic mass is 9.83. The van der Waals surface area contributed by atoms with Crippen molar-refractivity contribution in [3.8, 4) is 11.5 Å². The van der Waals surface area contributed by atoms with E-state index in [-0.39, 0.29) is 47.3 Å². The molecule has 2 saturated heterocycles. The molecule has 10 heteroatoms. The first kappa shape index (κ1) is 31.9. The highest BCUT2D eigenvalue weighted by Gasteiger charge is 2.41. The molecule has 1 saturated carbocycles. The molecule has 3 aromatic rings. The Labute approximate surface area is 279 Å². The van der Waals surface area contributed by atoms with E-state index in [0.717, 1.165) is 103 Å². The van der Waals surface area contributed by atoms with E-state index in [2.05, 4.69) is 57.7 Å². The average molecular weight is 663 g/mol. The molecule has 0 radical (unpaired) electrons. The number of hydrogen-bond donors (Lipinski definition) is 2. The molecule has 3 aliphatic heterocycles. The molecular weight excluding hydrogens is 622 g/mol.